The Labute approximate surface area is 180 Å². The molecule has 0 unspecified atom stereocenters. The number of likely N-dealkylation sites (N-methyl/N-ethyl adjacent to an activating group) is 2. The van der Waals surface area contributed by atoms with E-state index in [-0.39, 0.29) is 36.4 Å². The molecule has 1 rings (SSSR count). The van der Waals surface area contributed by atoms with E-state index in [1.165, 1.54) is 0 Å². The zero-order valence-electron chi connectivity index (χ0n) is 17.2. The fourth-order valence-electron chi connectivity index (χ4n) is 2.57. The minimum absolute atomic E-state index is 0. The first-order valence-electron chi connectivity index (χ1n) is 8.98. The number of nitrogens with zero attached hydrogens (tertiary/aromatic N) is 3. The van der Waals surface area contributed by atoms with E-state index >= 15 is 0 Å². The summed E-state index contributed by atoms with van der Waals surface area (Å²) in [6.07, 6.45) is 0. The van der Waals surface area contributed by atoms with Crippen molar-refractivity contribution in [2.75, 3.05) is 47.4 Å². The van der Waals surface area contributed by atoms with Gasteiger partial charge < -0.3 is 24.6 Å². The van der Waals surface area contributed by atoms with Crippen LogP contribution in [0.2, 0.25) is 0 Å². The molecular weight excluding hydrogens is 459 g/mol. The first kappa shape index (κ1) is 25.3. The molecule has 0 bridgehead atoms. The van der Waals surface area contributed by atoms with Crippen LogP contribution < -0.4 is 14.8 Å². The van der Waals surface area contributed by atoms with Gasteiger partial charge in [0.05, 0.1) is 27.3 Å². The number of ether oxygens (including phenoxy) is 2. The lowest BCUT2D eigenvalue weighted by Crippen LogP contribution is -2.45. The maximum atomic E-state index is 12.3. The van der Waals surface area contributed by atoms with E-state index < -0.39 is 0 Å². The Morgan fingerprint density at radius 2 is 1.81 bits per heavy atom. The van der Waals surface area contributed by atoms with Crippen molar-refractivity contribution < 1.29 is 14.3 Å². The van der Waals surface area contributed by atoms with E-state index in [1.54, 1.807) is 14.2 Å². The van der Waals surface area contributed by atoms with Gasteiger partial charge in [-0.2, -0.15) is 0 Å². The van der Waals surface area contributed by atoms with Crippen molar-refractivity contribution in [3.63, 3.8) is 0 Å². The number of hydrogen-bond donors (Lipinski definition) is 1. The summed E-state index contributed by atoms with van der Waals surface area (Å²) in [5.41, 5.74) is 0.951. The van der Waals surface area contributed by atoms with Crippen LogP contribution in [0.15, 0.2) is 23.2 Å². The van der Waals surface area contributed by atoms with Gasteiger partial charge in [0.25, 0.3) is 0 Å². The van der Waals surface area contributed by atoms with Crippen LogP contribution in [-0.2, 0) is 11.3 Å². The smallest absolute Gasteiger partial charge is 0.242 e. The topological polar surface area (TPSA) is 66.4 Å². The van der Waals surface area contributed by atoms with Crippen LogP contribution >= 0.6 is 24.0 Å². The fourth-order valence-corrected chi connectivity index (χ4v) is 2.57. The van der Waals surface area contributed by atoms with Crippen molar-refractivity contribution in [1.82, 2.24) is 15.1 Å². The number of guanidine groups is 1. The monoisotopic (exact) mass is 492 g/mol. The number of hydrogen-bond acceptors (Lipinski definition) is 4. The highest BCUT2D eigenvalue weighted by molar-refractivity contribution is 14.0. The molecule has 0 saturated heterocycles. The van der Waals surface area contributed by atoms with Gasteiger partial charge in [0, 0.05) is 38.3 Å². The van der Waals surface area contributed by atoms with Crippen LogP contribution in [-0.4, -0.2) is 69.1 Å². The zero-order chi connectivity index (χ0) is 19.5. The normalized spacial score (nSPS) is 10.7. The molecule has 27 heavy (non-hydrogen) atoms. The average molecular weight is 492 g/mol. The first-order valence-corrected chi connectivity index (χ1v) is 8.98. The van der Waals surface area contributed by atoms with Crippen molar-refractivity contribution in [1.29, 1.82) is 0 Å². The summed E-state index contributed by atoms with van der Waals surface area (Å²) in [6.45, 7) is 8.84. The maximum absolute atomic E-state index is 12.3. The van der Waals surface area contributed by atoms with Gasteiger partial charge in [-0.3, -0.25) is 4.79 Å². The quantitative estimate of drug-likeness (QED) is 0.326. The zero-order valence-corrected chi connectivity index (χ0v) is 19.6. The number of carbonyl (C=O) groups is 1. The number of carbonyl (C=O) groups excluding carboxylic acids is 1. The lowest BCUT2D eigenvalue weighted by atomic mass is 10.2. The molecule has 1 amide bonds. The standard InChI is InChI=1S/C19H32N4O3.HI/c1-7-20-19(22(4)14-18(24)23(8-2)9-3)21-13-15-10-11-16(25-5)12-17(15)26-6;/h10-12H,7-9,13-14H2,1-6H3,(H,20,21);1H. The third-order valence-corrected chi connectivity index (χ3v) is 4.08. The molecule has 0 saturated carbocycles. The average Bonchev–Trinajstić information content (AvgIpc) is 2.65. The summed E-state index contributed by atoms with van der Waals surface area (Å²) >= 11 is 0. The molecule has 0 heterocycles. The number of halogens is 1. The Hall–Kier alpha value is -1.71. The summed E-state index contributed by atoms with van der Waals surface area (Å²) in [5, 5.41) is 3.23. The molecule has 0 aliphatic carbocycles. The van der Waals surface area contributed by atoms with Crippen molar-refractivity contribution in [3.05, 3.63) is 23.8 Å². The molecule has 1 aromatic rings. The SMILES string of the molecule is CCNC(=NCc1ccc(OC)cc1OC)N(C)CC(=O)N(CC)CC.I. The van der Waals surface area contributed by atoms with Crippen molar-refractivity contribution in [3.8, 4) is 11.5 Å². The highest BCUT2D eigenvalue weighted by Crippen LogP contribution is 2.25. The maximum Gasteiger partial charge on any atom is 0.242 e. The minimum atomic E-state index is 0. The van der Waals surface area contributed by atoms with E-state index in [0.29, 0.717) is 25.6 Å². The molecule has 0 spiro atoms. The molecular formula is C19H33IN4O3. The summed E-state index contributed by atoms with van der Waals surface area (Å²) < 4.78 is 10.6. The number of methoxy groups -OCH3 is 2. The van der Waals surface area contributed by atoms with Gasteiger partial charge in [0.2, 0.25) is 5.91 Å². The van der Waals surface area contributed by atoms with Crippen LogP contribution in [0.25, 0.3) is 0 Å². The Morgan fingerprint density at radius 3 is 2.33 bits per heavy atom. The Balaban J connectivity index is 0.00000676. The Bertz CT molecular complexity index is 607. The minimum Gasteiger partial charge on any atom is -0.497 e. The van der Waals surface area contributed by atoms with Gasteiger partial charge >= 0.3 is 0 Å². The number of aliphatic imine (C=N–C) groups is 1. The molecule has 0 aliphatic heterocycles. The van der Waals surface area contributed by atoms with E-state index in [4.69, 9.17) is 9.47 Å². The van der Waals surface area contributed by atoms with Crippen molar-refractivity contribution in [2.45, 2.75) is 27.3 Å². The number of amides is 1. The first-order chi connectivity index (χ1) is 12.5. The third kappa shape index (κ3) is 7.82. The second-order valence-electron chi connectivity index (χ2n) is 5.77. The molecule has 154 valence electrons. The molecule has 0 fully saturated rings. The van der Waals surface area contributed by atoms with Gasteiger partial charge in [0.1, 0.15) is 11.5 Å². The van der Waals surface area contributed by atoms with Crippen LogP contribution in [0.5, 0.6) is 11.5 Å². The van der Waals surface area contributed by atoms with E-state index in [1.807, 2.05) is 55.8 Å². The van der Waals surface area contributed by atoms with Gasteiger partial charge in [-0.05, 0) is 32.9 Å². The fraction of sp³-hybridized carbons (Fsp3) is 0.579. The molecule has 0 aliphatic rings. The van der Waals surface area contributed by atoms with Crippen molar-refractivity contribution >= 4 is 35.8 Å². The van der Waals surface area contributed by atoms with Crippen LogP contribution in [0.1, 0.15) is 26.3 Å². The highest BCUT2D eigenvalue weighted by Gasteiger charge is 2.15. The van der Waals surface area contributed by atoms with Crippen LogP contribution in [0, 0.1) is 0 Å². The van der Waals surface area contributed by atoms with Gasteiger partial charge in [-0.1, -0.05) is 0 Å². The Kier molecular flexibility index (Phi) is 12.6. The van der Waals surface area contributed by atoms with Gasteiger partial charge in [-0.25, -0.2) is 4.99 Å². The predicted octanol–water partition coefficient (Wildman–Crippen LogP) is 2.59. The van der Waals surface area contributed by atoms with Gasteiger partial charge in [0.15, 0.2) is 5.96 Å². The van der Waals surface area contributed by atoms with Crippen LogP contribution in [0.3, 0.4) is 0 Å². The number of rotatable bonds is 9. The molecule has 0 aromatic heterocycles. The lowest BCUT2D eigenvalue weighted by molar-refractivity contribution is -0.131. The number of benzene rings is 1. The molecule has 8 heteroatoms. The second-order valence-corrected chi connectivity index (χ2v) is 5.77. The largest absolute Gasteiger partial charge is 0.497 e. The summed E-state index contributed by atoms with van der Waals surface area (Å²) in [7, 11) is 5.12. The Morgan fingerprint density at radius 1 is 1.15 bits per heavy atom. The number of nitrogens with one attached hydrogen (secondary N) is 1. The third-order valence-electron chi connectivity index (χ3n) is 4.08. The second kappa shape index (κ2) is 13.5. The molecule has 0 radical (unpaired) electrons. The molecule has 7 nitrogen and oxygen atoms in total. The molecule has 0 atom stereocenters. The highest BCUT2D eigenvalue weighted by atomic mass is 127. The summed E-state index contributed by atoms with van der Waals surface area (Å²) in [5.74, 6) is 2.24. The van der Waals surface area contributed by atoms with E-state index in [0.717, 1.165) is 23.6 Å². The molecule has 1 N–H and O–H groups in total. The van der Waals surface area contributed by atoms with E-state index in [9.17, 15) is 4.79 Å². The summed E-state index contributed by atoms with van der Waals surface area (Å²) in [6, 6.07) is 5.66. The van der Waals surface area contributed by atoms with Gasteiger partial charge in [-0.15, -0.1) is 24.0 Å². The molecule has 1 aromatic carbocycles. The van der Waals surface area contributed by atoms with E-state index in [2.05, 4.69) is 10.3 Å². The lowest BCUT2D eigenvalue weighted by Gasteiger charge is -2.25. The summed E-state index contributed by atoms with van der Waals surface area (Å²) in [4.78, 5) is 20.6. The van der Waals surface area contributed by atoms with Crippen molar-refractivity contribution in [2.24, 2.45) is 4.99 Å². The predicted molar refractivity (Wildman–Crippen MR) is 120 cm³/mol. The van der Waals surface area contributed by atoms with Crippen LogP contribution in [0.4, 0.5) is 0 Å².